The average Bonchev–Trinajstić information content (AvgIpc) is 3.29. The van der Waals surface area contributed by atoms with Crippen LogP contribution in [0.4, 0.5) is 5.69 Å². The molecule has 9 heteroatoms. The predicted molar refractivity (Wildman–Crippen MR) is 118 cm³/mol. The molecule has 1 fully saturated rings. The van der Waals surface area contributed by atoms with Crippen molar-refractivity contribution in [3.05, 3.63) is 53.6 Å². The number of nitrogens with zero attached hydrogens (tertiary/aromatic N) is 1. The van der Waals surface area contributed by atoms with E-state index >= 15 is 0 Å². The highest BCUT2D eigenvalue weighted by atomic mass is 32.2. The number of anilines is 1. The minimum absolute atomic E-state index is 0.0299. The Labute approximate surface area is 182 Å². The molecule has 0 unspecified atom stereocenters. The third-order valence-corrected chi connectivity index (χ3v) is 6.87. The zero-order chi connectivity index (χ0) is 22.6. The van der Waals surface area contributed by atoms with E-state index in [0.29, 0.717) is 22.6 Å². The summed E-state index contributed by atoms with van der Waals surface area (Å²) in [5.74, 6) is -0.0473. The SMILES string of the molecule is COc1ccc(S(=O)(=O)N[C@@H](C)C(=O)Nc2cccc(C(=O)N3CCCC3)c2C)cc1. The van der Waals surface area contributed by atoms with Gasteiger partial charge in [-0.2, -0.15) is 4.72 Å². The standard InChI is InChI=1S/C22H27N3O5S/c1-15-19(22(27)25-13-4-5-14-25)7-6-8-20(15)23-21(26)16(2)24-31(28,29)18-11-9-17(30-3)10-12-18/h6-12,16,24H,4-5,13-14H2,1-3H3,(H,23,26)/t16-/m0/s1. The van der Waals surface area contributed by atoms with Crippen molar-refractivity contribution in [2.24, 2.45) is 0 Å². The van der Waals surface area contributed by atoms with Crippen LogP contribution in [0.15, 0.2) is 47.4 Å². The Hall–Kier alpha value is -2.91. The number of likely N-dealkylation sites (tertiary alicyclic amines) is 1. The van der Waals surface area contributed by atoms with Gasteiger partial charge in [-0.05, 0) is 68.7 Å². The lowest BCUT2D eigenvalue weighted by Gasteiger charge is -2.19. The molecule has 2 aromatic carbocycles. The summed E-state index contributed by atoms with van der Waals surface area (Å²) in [5, 5.41) is 2.73. The van der Waals surface area contributed by atoms with Crippen LogP contribution in [0.1, 0.15) is 35.7 Å². The first-order valence-corrected chi connectivity index (χ1v) is 11.6. The van der Waals surface area contributed by atoms with Gasteiger partial charge in [-0.1, -0.05) is 6.07 Å². The number of ether oxygens (including phenoxy) is 1. The van der Waals surface area contributed by atoms with Crippen LogP contribution in [0.3, 0.4) is 0 Å². The van der Waals surface area contributed by atoms with Gasteiger partial charge in [-0.15, -0.1) is 0 Å². The van der Waals surface area contributed by atoms with E-state index in [1.54, 1.807) is 30.0 Å². The van der Waals surface area contributed by atoms with Crippen molar-refractivity contribution in [3.8, 4) is 5.75 Å². The van der Waals surface area contributed by atoms with Gasteiger partial charge in [0, 0.05) is 24.3 Å². The van der Waals surface area contributed by atoms with E-state index in [4.69, 9.17) is 4.74 Å². The molecule has 31 heavy (non-hydrogen) atoms. The minimum Gasteiger partial charge on any atom is -0.497 e. The second-order valence-corrected chi connectivity index (χ2v) is 9.20. The molecular weight excluding hydrogens is 418 g/mol. The summed E-state index contributed by atoms with van der Waals surface area (Å²) >= 11 is 0. The number of nitrogens with one attached hydrogen (secondary N) is 2. The van der Waals surface area contributed by atoms with Crippen LogP contribution in [-0.2, 0) is 14.8 Å². The molecule has 0 aromatic heterocycles. The van der Waals surface area contributed by atoms with Gasteiger partial charge in [-0.3, -0.25) is 9.59 Å². The zero-order valence-corrected chi connectivity index (χ0v) is 18.7. The molecule has 8 nitrogen and oxygen atoms in total. The topological polar surface area (TPSA) is 105 Å². The first-order valence-electron chi connectivity index (χ1n) is 10.1. The van der Waals surface area contributed by atoms with Crippen LogP contribution in [0.25, 0.3) is 0 Å². The fourth-order valence-corrected chi connectivity index (χ4v) is 4.65. The smallest absolute Gasteiger partial charge is 0.254 e. The van der Waals surface area contributed by atoms with Crippen LogP contribution in [0, 0.1) is 6.92 Å². The molecule has 0 radical (unpaired) electrons. The maximum atomic E-state index is 12.7. The third kappa shape index (κ3) is 5.23. The molecule has 0 saturated carbocycles. The molecular formula is C22H27N3O5S. The number of rotatable bonds is 7. The van der Waals surface area contributed by atoms with Gasteiger partial charge < -0.3 is 15.0 Å². The highest BCUT2D eigenvalue weighted by Crippen LogP contribution is 2.23. The second-order valence-electron chi connectivity index (χ2n) is 7.49. The van der Waals surface area contributed by atoms with Crippen LogP contribution in [-0.4, -0.2) is 51.4 Å². The molecule has 2 aromatic rings. The average molecular weight is 446 g/mol. The van der Waals surface area contributed by atoms with Crippen molar-refractivity contribution in [3.63, 3.8) is 0 Å². The molecule has 1 atom stereocenters. The number of hydrogen-bond donors (Lipinski definition) is 2. The van der Waals surface area contributed by atoms with Crippen LogP contribution in [0.2, 0.25) is 0 Å². The Morgan fingerprint density at radius 1 is 1.06 bits per heavy atom. The molecule has 1 aliphatic heterocycles. The van der Waals surface area contributed by atoms with Gasteiger partial charge in [-0.25, -0.2) is 8.42 Å². The van der Waals surface area contributed by atoms with Crippen LogP contribution < -0.4 is 14.8 Å². The van der Waals surface area contributed by atoms with E-state index in [2.05, 4.69) is 10.0 Å². The van der Waals surface area contributed by atoms with E-state index in [9.17, 15) is 18.0 Å². The van der Waals surface area contributed by atoms with Crippen molar-refractivity contribution in [1.29, 1.82) is 0 Å². The lowest BCUT2D eigenvalue weighted by Crippen LogP contribution is -2.41. The summed E-state index contributed by atoms with van der Waals surface area (Å²) in [7, 11) is -2.40. The monoisotopic (exact) mass is 445 g/mol. The van der Waals surface area contributed by atoms with E-state index < -0.39 is 22.0 Å². The Kier molecular flexibility index (Phi) is 6.97. The number of amides is 2. The summed E-state index contributed by atoms with van der Waals surface area (Å²) in [5.41, 5.74) is 1.66. The van der Waals surface area contributed by atoms with Crippen molar-refractivity contribution < 1.29 is 22.7 Å². The first kappa shape index (κ1) is 22.8. The number of benzene rings is 2. The number of carbonyl (C=O) groups is 2. The number of sulfonamides is 1. The summed E-state index contributed by atoms with van der Waals surface area (Å²) in [6.45, 7) is 4.70. The lowest BCUT2D eigenvalue weighted by molar-refractivity contribution is -0.117. The van der Waals surface area contributed by atoms with Gasteiger partial charge in [0.25, 0.3) is 5.91 Å². The second kappa shape index (κ2) is 9.49. The maximum absolute atomic E-state index is 12.7. The quantitative estimate of drug-likeness (QED) is 0.682. The molecule has 1 saturated heterocycles. The molecule has 0 aliphatic carbocycles. The Morgan fingerprint density at radius 2 is 1.71 bits per heavy atom. The van der Waals surface area contributed by atoms with Gasteiger partial charge in [0.2, 0.25) is 15.9 Å². The van der Waals surface area contributed by atoms with E-state index in [1.165, 1.54) is 38.3 Å². The molecule has 3 rings (SSSR count). The van der Waals surface area contributed by atoms with E-state index in [0.717, 1.165) is 25.9 Å². The highest BCUT2D eigenvalue weighted by molar-refractivity contribution is 7.89. The molecule has 2 N–H and O–H groups in total. The fraction of sp³-hybridized carbons (Fsp3) is 0.364. The van der Waals surface area contributed by atoms with Gasteiger partial charge >= 0.3 is 0 Å². The van der Waals surface area contributed by atoms with Gasteiger partial charge in [0.1, 0.15) is 5.75 Å². The minimum atomic E-state index is -3.89. The van der Waals surface area contributed by atoms with E-state index in [-0.39, 0.29) is 10.8 Å². The zero-order valence-electron chi connectivity index (χ0n) is 17.8. The van der Waals surface area contributed by atoms with Crippen molar-refractivity contribution >= 4 is 27.5 Å². The summed E-state index contributed by atoms with van der Waals surface area (Å²) in [6.07, 6.45) is 1.99. The maximum Gasteiger partial charge on any atom is 0.254 e. The summed E-state index contributed by atoms with van der Waals surface area (Å²) < 4.78 is 32.6. The number of methoxy groups -OCH3 is 1. The largest absolute Gasteiger partial charge is 0.497 e. The predicted octanol–water partition coefficient (Wildman–Crippen LogP) is 2.55. The number of hydrogen-bond acceptors (Lipinski definition) is 5. The normalized spacial score (nSPS) is 14.9. The van der Waals surface area contributed by atoms with Gasteiger partial charge in [0.05, 0.1) is 18.0 Å². The Morgan fingerprint density at radius 3 is 2.32 bits per heavy atom. The Bertz CT molecular complexity index is 1060. The molecule has 2 amide bonds. The molecule has 1 heterocycles. The number of carbonyl (C=O) groups excluding carboxylic acids is 2. The highest BCUT2D eigenvalue weighted by Gasteiger charge is 2.25. The first-order chi connectivity index (χ1) is 14.7. The third-order valence-electron chi connectivity index (χ3n) is 5.31. The lowest BCUT2D eigenvalue weighted by atomic mass is 10.1. The molecule has 0 spiro atoms. The summed E-state index contributed by atoms with van der Waals surface area (Å²) in [4.78, 5) is 27.2. The molecule has 0 bridgehead atoms. The van der Waals surface area contributed by atoms with E-state index in [1.807, 2.05) is 0 Å². The Balaban J connectivity index is 1.70. The summed E-state index contributed by atoms with van der Waals surface area (Å²) in [6, 6.07) is 9.99. The van der Waals surface area contributed by atoms with Crippen LogP contribution >= 0.6 is 0 Å². The van der Waals surface area contributed by atoms with Crippen molar-refractivity contribution in [2.45, 2.75) is 37.6 Å². The van der Waals surface area contributed by atoms with Crippen molar-refractivity contribution in [2.75, 3.05) is 25.5 Å². The van der Waals surface area contributed by atoms with Crippen LogP contribution in [0.5, 0.6) is 5.75 Å². The van der Waals surface area contributed by atoms with Gasteiger partial charge in [0.15, 0.2) is 0 Å². The fourth-order valence-electron chi connectivity index (χ4n) is 3.44. The molecule has 1 aliphatic rings. The molecule has 166 valence electrons. The van der Waals surface area contributed by atoms with Crippen molar-refractivity contribution in [1.82, 2.24) is 9.62 Å².